The molecule has 0 spiro atoms. The Bertz CT molecular complexity index is 651. The van der Waals surface area contributed by atoms with E-state index in [0.717, 1.165) is 11.6 Å². The lowest BCUT2D eigenvalue weighted by atomic mass is 10.2. The molecule has 2 aromatic carbocycles. The van der Waals surface area contributed by atoms with Crippen LogP contribution in [0.3, 0.4) is 0 Å². The number of benzene rings is 2. The molecule has 0 aliphatic rings. The normalized spacial score (nSPS) is 9.60. The van der Waals surface area contributed by atoms with E-state index < -0.39 is 11.9 Å². The predicted molar refractivity (Wildman–Crippen MR) is 71.4 cm³/mol. The fraction of sp³-hybridized carbons (Fsp3) is 0.0667. The van der Waals surface area contributed by atoms with Gasteiger partial charge in [-0.3, -0.25) is 5.32 Å². The van der Waals surface area contributed by atoms with Gasteiger partial charge in [0.1, 0.15) is 18.5 Å². The monoisotopic (exact) mass is 270 g/mol. The van der Waals surface area contributed by atoms with Gasteiger partial charge >= 0.3 is 6.09 Å². The summed E-state index contributed by atoms with van der Waals surface area (Å²) in [7, 11) is 0. The number of amides is 1. The number of ether oxygens (including phenoxy) is 1. The number of hydrogen-bond donors (Lipinski definition) is 1. The number of rotatable bonds is 3. The Labute approximate surface area is 115 Å². The largest absolute Gasteiger partial charge is 0.444 e. The Balaban J connectivity index is 1.93. The molecule has 0 fully saturated rings. The summed E-state index contributed by atoms with van der Waals surface area (Å²) in [5, 5.41) is 11.1. The van der Waals surface area contributed by atoms with Gasteiger partial charge in [0.05, 0.1) is 5.56 Å². The molecule has 5 heteroatoms. The molecular weight excluding hydrogens is 259 g/mol. The van der Waals surface area contributed by atoms with E-state index in [1.54, 1.807) is 6.07 Å². The molecule has 0 saturated carbocycles. The van der Waals surface area contributed by atoms with Gasteiger partial charge in [-0.05, 0) is 23.8 Å². The molecule has 0 aromatic heterocycles. The number of carbonyl (C=O) groups is 1. The lowest BCUT2D eigenvalue weighted by molar-refractivity contribution is 0.155. The van der Waals surface area contributed by atoms with Crippen LogP contribution in [-0.4, -0.2) is 6.09 Å². The van der Waals surface area contributed by atoms with Crippen molar-refractivity contribution in [3.05, 3.63) is 65.5 Å². The second kappa shape index (κ2) is 6.34. The molecule has 0 bridgehead atoms. The maximum absolute atomic E-state index is 13.1. The van der Waals surface area contributed by atoms with Crippen molar-refractivity contribution in [2.24, 2.45) is 0 Å². The first-order valence-corrected chi connectivity index (χ1v) is 5.86. The van der Waals surface area contributed by atoms with Crippen molar-refractivity contribution in [1.82, 2.24) is 0 Å². The second-order valence-electron chi connectivity index (χ2n) is 3.99. The van der Waals surface area contributed by atoms with Crippen molar-refractivity contribution < 1.29 is 13.9 Å². The van der Waals surface area contributed by atoms with Gasteiger partial charge in [-0.1, -0.05) is 30.3 Å². The molecule has 0 radical (unpaired) electrons. The summed E-state index contributed by atoms with van der Waals surface area (Å²) in [5.74, 6) is -0.629. The van der Waals surface area contributed by atoms with Crippen LogP contribution in [0.4, 0.5) is 14.9 Å². The number of anilines is 1. The van der Waals surface area contributed by atoms with Crippen LogP contribution < -0.4 is 5.32 Å². The highest BCUT2D eigenvalue weighted by molar-refractivity contribution is 5.84. The molecule has 100 valence electrons. The summed E-state index contributed by atoms with van der Waals surface area (Å²) >= 11 is 0. The smallest absolute Gasteiger partial charge is 0.411 e. The summed E-state index contributed by atoms with van der Waals surface area (Å²) in [4.78, 5) is 11.6. The van der Waals surface area contributed by atoms with Crippen LogP contribution in [0.2, 0.25) is 0 Å². The minimum absolute atomic E-state index is 0.133. The minimum atomic E-state index is -0.663. The van der Waals surface area contributed by atoms with Crippen molar-refractivity contribution >= 4 is 11.8 Å². The number of carbonyl (C=O) groups excluding carboxylic acids is 1. The maximum Gasteiger partial charge on any atom is 0.411 e. The van der Waals surface area contributed by atoms with E-state index >= 15 is 0 Å². The Kier molecular flexibility index (Phi) is 4.30. The zero-order chi connectivity index (χ0) is 14.4. The fourth-order valence-electron chi connectivity index (χ4n) is 1.57. The molecule has 0 saturated heterocycles. The summed E-state index contributed by atoms with van der Waals surface area (Å²) in [5.41, 5.74) is 1.03. The number of halogens is 1. The highest BCUT2D eigenvalue weighted by Gasteiger charge is 2.07. The number of nitrogens with zero attached hydrogens (tertiary/aromatic N) is 1. The Morgan fingerprint density at radius 1 is 1.25 bits per heavy atom. The van der Waals surface area contributed by atoms with Gasteiger partial charge in [0.15, 0.2) is 0 Å². The second-order valence-corrected chi connectivity index (χ2v) is 3.99. The quantitative estimate of drug-likeness (QED) is 0.929. The molecule has 0 aliphatic carbocycles. The third kappa shape index (κ3) is 3.56. The van der Waals surface area contributed by atoms with Gasteiger partial charge in [-0.25, -0.2) is 9.18 Å². The van der Waals surface area contributed by atoms with E-state index in [4.69, 9.17) is 10.00 Å². The standard InChI is InChI=1S/C15H11FN2O2/c16-14-7-6-13(8-12(14)9-17)18-15(19)20-10-11-4-2-1-3-5-11/h1-8H,10H2,(H,18,19). The molecule has 0 unspecified atom stereocenters. The lowest BCUT2D eigenvalue weighted by Gasteiger charge is -2.07. The first kappa shape index (κ1) is 13.6. The van der Waals surface area contributed by atoms with Crippen LogP contribution in [0.5, 0.6) is 0 Å². The van der Waals surface area contributed by atoms with E-state index in [1.807, 2.05) is 30.3 Å². The summed E-state index contributed by atoms with van der Waals surface area (Å²) < 4.78 is 18.1. The average Bonchev–Trinajstić information content (AvgIpc) is 2.48. The molecular formula is C15H11FN2O2. The first-order valence-electron chi connectivity index (χ1n) is 5.86. The Morgan fingerprint density at radius 3 is 2.70 bits per heavy atom. The molecule has 2 aromatic rings. The van der Waals surface area contributed by atoms with Gasteiger partial charge in [0, 0.05) is 5.69 Å². The molecule has 1 amide bonds. The number of hydrogen-bond acceptors (Lipinski definition) is 3. The molecule has 4 nitrogen and oxygen atoms in total. The molecule has 2 rings (SSSR count). The SMILES string of the molecule is N#Cc1cc(NC(=O)OCc2ccccc2)ccc1F. The van der Waals surface area contributed by atoms with Crippen molar-refractivity contribution in [2.75, 3.05) is 5.32 Å². The topological polar surface area (TPSA) is 62.1 Å². The summed E-state index contributed by atoms with van der Waals surface area (Å²) in [6, 6.07) is 14.6. The van der Waals surface area contributed by atoms with E-state index in [0.29, 0.717) is 5.69 Å². The van der Waals surface area contributed by atoms with E-state index in [1.165, 1.54) is 12.1 Å². The first-order chi connectivity index (χ1) is 9.69. The Morgan fingerprint density at radius 2 is 2.00 bits per heavy atom. The van der Waals surface area contributed by atoms with Gasteiger partial charge in [-0.2, -0.15) is 5.26 Å². The van der Waals surface area contributed by atoms with E-state index in [9.17, 15) is 9.18 Å². The third-order valence-corrected chi connectivity index (χ3v) is 2.55. The van der Waals surface area contributed by atoms with Gasteiger partial charge in [-0.15, -0.1) is 0 Å². The zero-order valence-corrected chi connectivity index (χ0v) is 10.5. The van der Waals surface area contributed by atoms with Crippen LogP contribution in [0.1, 0.15) is 11.1 Å². The molecule has 0 heterocycles. The van der Waals surface area contributed by atoms with Gasteiger partial charge in [0.2, 0.25) is 0 Å². The zero-order valence-electron chi connectivity index (χ0n) is 10.5. The number of nitrogens with one attached hydrogen (secondary N) is 1. The van der Waals surface area contributed by atoms with Crippen LogP contribution in [0.25, 0.3) is 0 Å². The molecule has 1 N–H and O–H groups in total. The van der Waals surface area contributed by atoms with E-state index in [-0.39, 0.29) is 12.2 Å². The van der Waals surface area contributed by atoms with Crippen molar-refractivity contribution in [3.8, 4) is 6.07 Å². The van der Waals surface area contributed by atoms with Crippen molar-refractivity contribution in [3.63, 3.8) is 0 Å². The van der Waals surface area contributed by atoms with Gasteiger partial charge in [0.25, 0.3) is 0 Å². The maximum atomic E-state index is 13.1. The highest BCUT2D eigenvalue weighted by Crippen LogP contribution is 2.14. The van der Waals surface area contributed by atoms with Crippen LogP contribution in [-0.2, 0) is 11.3 Å². The molecule has 0 atom stereocenters. The van der Waals surface area contributed by atoms with Gasteiger partial charge < -0.3 is 4.74 Å². The summed E-state index contributed by atoms with van der Waals surface area (Å²) in [6.45, 7) is 0.138. The summed E-state index contributed by atoms with van der Waals surface area (Å²) in [6.07, 6.45) is -0.663. The van der Waals surface area contributed by atoms with Crippen molar-refractivity contribution in [2.45, 2.75) is 6.61 Å². The van der Waals surface area contributed by atoms with Crippen LogP contribution in [0.15, 0.2) is 48.5 Å². The Hall–Kier alpha value is -2.87. The van der Waals surface area contributed by atoms with Crippen LogP contribution >= 0.6 is 0 Å². The van der Waals surface area contributed by atoms with Crippen LogP contribution in [0, 0.1) is 17.1 Å². The average molecular weight is 270 g/mol. The number of nitriles is 1. The predicted octanol–water partition coefficient (Wildman–Crippen LogP) is 3.45. The molecule has 20 heavy (non-hydrogen) atoms. The third-order valence-electron chi connectivity index (χ3n) is 2.55. The fourth-order valence-corrected chi connectivity index (χ4v) is 1.57. The lowest BCUT2D eigenvalue weighted by Crippen LogP contribution is -2.13. The molecule has 0 aliphatic heterocycles. The van der Waals surface area contributed by atoms with Crippen molar-refractivity contribution in [1.29, 1.82) is 5.26 Å². The minimum Gasteiger partial charge on any atom is -0.444 e. The highest BCUT2D eigenvalue weighted by atomic mass is 19.1. The van der Waals surface area contributed by atoms with E-state index in [2.05, 4.69) is 5.32 Å².